The van der Waals surface area contributed by atoms with E-state index in [0.29, 0.717) is 25.9 Å². The Hall–Kier alpha value is -0.880. The van der Waals surface area contributed by atoms with Gasteiger partial charge in [-0.15, -0.1) is 0 Å². The molecular weight excluding hydrogens is 208 g/mol. The van der Waals surface area contributed by atoms with Crippen molar-refractivity contribution in [3.63, 3.8) is 0 Å². The molecule has 0 fully saturated rings. The smallest absolute Gasteiger partial charge is 0.293 e. The van der Waals surface area contributed by atoms with Crippen molar-refractivity contribution in [2.45, 2.75) is 12.8 Å². The van der Waals surface area contributed by atoms with Gasteiger partial charge in [0.2, 0.25) is 0 Å². The SMILES string of the molecule is CS(=O)(=O)OCC/C=C/CCOC=O. The van der Waals surface area contributed by atoms with Crippen molar-refractivity contribution in [3.8, 4) is 0 Å². The Kier molecular flexibility index (Phi) is 7.04. The van der Waals surface area contributed by atoms with Crippen LogP contribution in [0.3, 0.4) is 0 Å². The number of hydrogen-bond acceptors (Lipinski definition) is 5. The second kappa shape index (κ2) is 7.52. The zero-order chi connectivity index (χ0) is 10.9. The quantitative estimate of drug-likeness (QED) is 0.258. The van der Waals surface area contributed by atoms with E-state index in [9.17, 15) is 13.2 Å². The van der Waals surface area contributed by atoms with E-state index < -0.39 is 10.1 Å². The van der Waals surface area contributed by atoms with Gasteiger partial charge < -0.3 is 4.74 Å². The van der Waals surface area contributed by atoms with Crippen molar-refractivity contribution >= 4 is 16.6 Å². The largest absolute Gasteiger partial charge is 0.468 e. The second-order valence-corrected chi connectivity index (χ2v) is 4.19. The van der Waals surface area contributed by atoms with Gasteiger partial charge in [-0.1, -0.05) is 12.2 Å². The third-order valence-corrected chi connectivity index (χ3v) is 1.81. The van der Waals surface area contributed by atoms with Crippen LogP contribution in [0.5, 0.6) is 0 Å². The lowest BCUT2D eigenvalue weighted by Crippen LogP contribution is -2.03. The molecule has 6 heteroatoms. The van der Waals surface area contributed by atoms with Crippen LogP contribution in [0.15, 0.2) is 12.2 Å². The van der Waals surface area contributed by atoms with E-state index in [1.807, 2.05) is 0 Å². The van der Waals surface area contributed by atoms with E-state index in [2.05, 4.69) is 8.92 Å². The Balaban J connectivity index is 3.32. The summed E-state index contributed by atoms with van der Waals surface area (Å²) in [6.07, 6.45) is 5.73. The van der Waals surface area contributed by atoms with Crippen molar-refractivity contribution in [2.24, 2.45) is 0 Å². The highest BCUT2D eigenvalue weighted by atomic mass is 32.2. The molecule has 0 aliphatic heterocycles. The highest BCUT2D eigenvalue weighted by molar-refractivity contribution is 7.85. The molecule has 0 saturated carbocycles. The predicted octanol–water partition coefficient (Wildman–Crippen LogP) is 0.472. The van der Waals surface area contributed by atoms with E-state index >= 15 is 0 Å². The maximum atomic E-state index is 10.5. The van der Waals surface area contributed by atoms with Crippen molar-refractivity contribution in [1.82, 2.24) is 0 Å². The molecular formula is C8H14O5S. The van der Waals surface area contributed by atoms with Crippen LogP contribution in [-0.2, 0) is 23.8 Å². The molecule has 82 valence electrons. The molecule has 0 radical (unpaired) electrons. The van der Waals surface area contributed by atoms with Crippen molar-refractivity contribution < 1.29 is 22.1 Å². The van der Waals surface area contributed by atoms with Gasteiger partial charge in [0.05, 0.1) is 19.5 Å². The molecule has 0 aliphatic carbocycles. The van der Waals surface area contributed by atoms with E-state index in [4.69, 9.17) is 0 Å². The lowest BCUT2D eigenvalue weighted by molar-refractivity contribution is -0.128. The second-order valence-electron chi connectivity index (χ2n) is 2.54. The van der Waals surface area contributed by atoms with Gasteiger partial charge in [-0.25, -0.2) is 0 Å². The van der Waals surface area contributed by atoms with Crippen molar-refractivity contribution in [3.05, 3.63) is 12.2 Å². The third kappa shape index (κ3) is 11.1. The first-order valence-corrected chi connectivity index (χ1v) is 5.92. The predicted molar refractivity (Wildman–Crippen MR) is 51.2 cm³/mol. The summed E-state index contributed by atoms with van der Waals surface area (Å²) in [5, 5.41) is 0. The number of carbonyl (C=O) groups excluding carboxylic acids is 1. The van der Waals surface area contributed by atoms with Crippen LogP contribution in [0.4, 0.5) is 0 Å². The zero-order valence-electron chi connectivity index (χ0n) is 8.01. The maximum Gasteiger partial charge on any atom is 0.293 e. The summed E-state index contributed by atoms with van der Waals surface area (Å²) < 4.78 is 29.9. The number of ether oxygens (including phenoxy) is 1. The number of hydrogen-bond donors (Lipinski definition) is 0. The number of rotatable bonds is 8. The fraction of sp³-hybridized carbons (Fsp3) is 0.625. The van der Waals surface area contributed by atoms with Crippen LogP contribution in [0.25, 0.3) is 0 Å². The van der Waals surface area contributed by atoms with Crippen LogP contribution in [0.1, 0.15) is 12.8 Å². The summed E-state index contributed by atoms with van der Waals surface area (Å²) in [4.78, 5) is 9.72. The normalized spacial score (nSPS) is 11.8. The zero-order valence-corrected chi connectivity index (χ0v) is 8.83. The molecule has 0 bridgehead atoms. The molecule has 0 amide bonds. The minimum absolute atomic E-state index is 0.143. The van der Waals surface area contributed by atoms with Gasteiger partial charge in [0, 0.05) is 0 Å². The van der Waals surface area contributed by atoms with E-state index in [1.54, 1.807) is 12.2 Å². The molecule has 0 aromatic rings. The summed E-state index contributed by atoms with van der Waals surface area (Å²) in [6.45, 7) is 0.872. The monoisotopic (exact) mass is 222 g/mol. The molecule has 0 rings (SSSR count). The Morgan fingerprint density at radius 2 is 1.71 bits per heavy atom. The molecule has 14 heavy (non-hydrogen) atoms. The molecule has 0 aromatic heterocycles. The van der Waals surface area contributed by atoms with Gasteiger partial charge in [0.1, 0.15) is 0 Å². The third-order valence-electron chi connectivity index (χ3n) is 1.22. The fourth-order valence-corrected chi connectivity index (χ4v) is 1.09. The average molecular weight is 222 g/mol. The fourth-order valence-electron chi connectivity index (χ4n) is 0.687. The molecule has 0 aromatic carbocycles. The first kappa shape index (κ1) is 13.1. The Labute approximate surface area is 83.8 Å². The van der Waals surface area contributed by atoms with Crippen LogP contribution in [0.2, 0.25) is 0 Å². The average Bonchev–Trinajstić information content (AvgIpc) is 2.08. The van der Waals surface area contributed by atoms with Gasteiger partial charge >= 0.3 is 0 Å². The topological polar surface area (TPSA) is 69.7 Å². The first-order chi connectivity index (χ1) is 6.56. The Morgan fingerprint density at radius 1 is 1.14 bits per heavy atom. The van der Waals surface area contributed by atoms with E-state index in [-0.39, 0.29) is 6.61 Å². The molecule has 0 aliphatic rings. The van der Waals surface area contributed by atoms with Crippen molar-refractivity contribution in [2.75, 3.05) is 19.5 Å². The maximum absolute atomic E-state index is 10.5. The summed E-state index contributed by atoms with van der Waals surface area (Å²) in [5.41, 5.74) is 0. The highest BCUT2D eigenvalue weighted by Gasteiger charge is 1.98. The standard InChI is InChI=1S/C8H14O5S/c1-14(10,11)13-7-5-3-2-4-6-12-8-9/h2-3,8H,4-7H2,1H3/b3-2+. The molecule has 0 unspecified atom stereocenters. The van der Waals surface area contributed by atoms with Crippen LogP contribution in [0, 0.1) is 0 Å². The molecule has 0 atom stereocenters. The van der Waals surface area contributed by atoms with E-state index in [1.165, 1.54) is 0 Å². The Morgan fingerprint density at radius 3 is 2.21 bits per heavy atom. The Bertz CT molecular complexity index is 267. The summed E-state index contributed by atoms with van der Waals surface area (Å²) in [5.74, 6) is 0. The van der Waals surface area contributed by atoms with Gasteiger partial charge in [0.15, 0.2) is 0 Å². The summed E-state index contributed by atoms with van der Waals surface area (Å²) in [6, 6.07) is 0. The van der Waals surface area contributed by atoms with Gasteiger partial charge in [-0.05, 0) is 12.8 Å². The summed E-state index contributed by atoms with van der Waals surface area (Å²) in [7, 11) is -3.33. The highest BCUT2D eigenvalue weighted by Crippen LogP contribution is 1.92. The molecule has 0 spiro atoms. The first-order valence-electron chi connectivity index (χ1n) is 4.11. The minimum Gasteiger partial charge on any atom is -0.468 e. The number of carbonyl (C=O) groups is 1. The lowest BCUT2D eigenvalue weighted by atomic mass is 10.3. The lowest BCUT2D eigenvalue weighted by Gasteiger charge is -1.96. The van der Waals surface area contributed by atoms with Gasteiger partial charge in [-0.3, -0.25) is 8.98 Å². The van der Waals surface area contributed by atoms with Crippen LogP contribution >= 0.6 is 0 Å². The van der Waals surface area contributed by atoms with Crippen LogP contribution in [-0.4, -0.2) is 34.4 Å². The minimum atomic E-state index is -3.33. The van der Waals surface area contributed by atoms with Crippen molar-refractivity contribution in [1.29, 1.82) is 0 Å². The molecule has 5 nitrogen and oxygen atoms in total. The van der Waals surface area contributed by atoms with Gasteiger partial charge in [0.25, 0.3) is 16.6 Å². The molecule has 0 heterocycles. The molecule has 0 saturated heterocycles. The summed E-state index contributed by atoms with van der Waals surface area (Å²) >= 11 is 0. The molecule has 0 N–H and O–H groups in total. The van der Waals surface area contributed by atoms with Crippen LogP contribution < -0.4 is 0 Å². The van der Waals surface area contributed by atoms with E-state index in [0.717, 1.165) is 6.26 Å². The van der Waals surface area contributed by atoms with Gasteiger partial charge in [-0.2, -0.15) is 8.42 Å².